The predicted octanol–water partition coefficient (Wildman–Crippen LogP) is 1.49. The molecule has 1 aliphatic rings. The van der Waals surface area contributed by atoms with Gasteiger partial charge in [0.15, 0.2) is 0 Å². The maximum absolute atomic E-state index is 12.2. The number of nitrogens with one attached hydrogen (secondary N) is 1. The molecule has 0 aromatic heterocycles. The molecule has 1 aromatic rings. The number of benzene rings is 1. The van der Waals surface area contributed by atoms with Crippen LogP contribution in [0, 0.1) is 0 Å². The van der Waals surface area contributed by atoms with Crippen molar-refractivity contribution in [3.05, 3.63) is 27.7 Å². The number of aliphatic hydroxyl groups is 1. The van der Waals surface area contributed by atoms with Crippen molar-refractivity contribution < 1.29 is 23.4 Å². The van der Waals surface area contributed by atoms with Gasteiger partial charge in [-0.25, -0.2) is 17.9 Å². The fourth-order valence-corrected chi connectivity index (χ4v) is 4.09. The van der Waals surface area contributed by atoms with Gasteiger partial charge in [-0.05, 0) is 25.0 Å². The van der Waals surface area contributed by atoms with E-state index in [1.807, 2.05) is 0 Å². The Morgan fingerprint density at radius 1 is 1.35 bits per heavy atom. The number of aromatic carboxylic acids is 1. The number of hydrogen-bond donors (Lipinski definition) is 3. The minimum absolute atomic E-state index is 0.148. The average molecular weight is 340 g/mol. The quantitative estimate of drug-likeness (QED) is 0.754. The van der Waals surface area contributed by atoms with Crippen LogP contribution in [0.1, 0.15) is 23.2 Å². The molecule has 2 rings (SSSR count). The monoisotopic (exact) mass is 339 g/mol. The Labute approximate surface area is 125 Å². The van der Waals surface area contributed by atoms with Gasteiger partial charge >= 0.3 is 5.97 Å². The fraction of sp³-hybridized carbons (Fsp3) is 0.364. The molecule has 0 heterocycles. The molecule has 0 spiro atoms. The van der Waals surface area contributed by atoms with Crippen LogP contribution < -0.4 is 4.72 Å². The summed E-state index contributed by atoms with van der Waals surface area (Å²) >= 11 is 11.5. The standard InChI is InChI=1S/C11H11Cl2NO5S/c12-6-1-2-7(9(13)8(6)10(16)17)20(18,19)14-11(5-15)3-4-11/h1-2,14-15H,3-5H2,(H,16,17). The molecule has 6 nitrogen and oxygen atoms in total. The molecule has 0 aliphatic heterocycles. The highest BCUT2D eigenvalue weighted by Gasteiger charge is 2.46. The van der Waals surface area contributed by atoms with Crippen molar-refractivity contribution in [2.45, 2.75) is 23.3 Å². The van der Waals surface area contributed by atoms with Crippen LogP contribution in [0.15, 0.2) is 17.0 Å². The minimum atomic E-state index is -4.03. The van der Waals surface area contributed by atoms with E-state index in [4.69, 9.17) is 33.4 Å². The van der Waals surface area contributed by atoms with E-state index < -0.39 is 32.1 Å². The van der Waals surface area contributed by atoms with Crippen molar-refractivity contribution in [2.75, 3.05) is 6.61 Å². The number of rotatable bonds is 5. The third kappa shape index (κ3) is 2.77. The van der Waals surface area contributed by atoms with Gasteiger partial charge in [-0.2, -0.15) is 0 Å². The van der Waals surface area contributed by atoms with E-state index in [1.54, 1.807) is 0 Å². The summed E-state index contributed by atoms with van der Waals surface area (Å²) in [5, 5.41) is 17.6. The van der Waals surface area contributed by atoms with Crippen molar-refractivity contribution >= 4 is 39.2 Å². The molecule has 9 heteroatoms. The first-order valence-electron chi connectivity index (χ1n) is 5.58. The van der Waals surface area contributed by atoms with Crippen molar-refractivity contribution in [2.24, 2.45) is 0 Å². The molecule has 1 aliphatic carbocycles. The van der Waals surface area contributed by atoms with Gasteiger partial charge in [-0.15, -0.1) is 0 Å². The Morgan fingerprint density at radius 3 is 2.40 bits per heavy atom. The van der Waals surface area contributed by atoms with Gasteiger partial charge < -0.3 is 10.2 Å². The van der Waals surface area contributed by atoms with Gasteiger partial charge in [-0.3, -0.25) is 0 Å². The van der Waals surface area contributed by atoms with Crippen LogP contribution in [0.3, 0.4) is 0 Å². The second-order valence-corrected chi connectivity index (χ2v) is 7.02. The Bertz CT molecular complexity index is 670. The summed E-state index contributed by atoms with van der Waals surface area (Å²) in [6, 6.07) is 2.29. The van der Waals surface area contributed by atoms with Crippen LogP contribution in [0.5, 0.6) is 0 Å². The maximum atomic E-state index is 12.2. The number of sulfonamides is 1. The Balaban J connectivity index is 2.48. The van der Waals surface area contributed by atoms with Gasteiger partial charge in [0.2, 0.25) is 10.0 Å². The summed E-state index contributed by atoms with van der Waals surface area (Å²) in [4.78, 5) is 10.7. The van der Waals surface area contributed by atoms with Crippen LogP contribution in [0.4, 0.5) is 0 Å². The summed E-state index contributed by atoms with van der Waals surface area (Å²) in [6.07, 6.45) is 1.03. The topological polar surface area (TPSA) is 104 Å². The zero-order valence-corrected chi connectivity index (χ0v) is 12.4. The van der Waals surface area contributed by atoms with Gasteiger partial charge in [0.25, 0.3) is 0 Å². The van der Waals surface area contributed by atoms with Crippen LogP contribution in [-0.4, -0.2) is 36.7 Å². The number of carboxylic acid groups (broad SMARTS) is 1. The van der Waals surface area contributed by atoms with E-state index in [0.29, 0.717) is 12.8 Å². The lowest BCUT2D eigenvalue weighted by Crippen LogP contribution is -2.39. The lowest BCUT2D eigenvalue weighted by Gasteiger charge is -2.16. The molecule has 20 heavy (non-hydrogen) atoms. The summed E-state index contributed by atoms with van der Waals surface area (Å²) in [6.45, 7) is -0.330. The van der Waals surface area contributed by atoms with E-state index in [0.717, 1.165) is 12.1 Å². The Kier molecular flexibility index (Phi) is 4.01. The molecule has 0 saturated heterocycles. The largest absolute Gasteiger partial charge is 0.478 e. The highest BCUT2D eigenvalue weighted by molar-refractivity contribution is 7.89. The molecule has 0 amide bonds. The number of carboxylic acids is 1. The number of hydrogen-bond acceptors (Lipinski definition) is 4. The molecule has 0 radical (unpaired) electrons. The van der Waals surface area contributed by atoms with Crippen molar-refractivity contribution in [3.63, 3.8) is 0 Å². The first-order chi connectivity index (χ1) is 9.22. The van der Waals surface area contributed by atoms with Crippen LogP contribution in [0.25, 0.3) is 0 Å². The summed E-state index contributed by atoms with van der Waals surface area (Å²) in [5.74, 6) is -1.42. The third-order valence-electron chi connectivity index (χ3n) is 3.07. The molecule has 0 unspecified atom stereocenters. The lowest BCUT2D eigenvalue weighted by atomic mass is 10.2. The minimum Gasteiger partial charge on any atom is -0.478 e. The second-order valence-electron chi connectivity index (χ2n) is 4.58. The lowest BCUT2D eigenvalue weighted by molar-refractivity contribution is 0.0697. The van der Waals surface area contributed by atoms with Crippen LogP contribution in [0.2, 0.25) is 10.0 Å². The third-order valence-corrected chi connectivity index (χ3v) is 5.51. The predicted molar refractivity (Wildman–Crippen MR) is 72.8 cm³/mol. The highest BCUT2D eigenvalue weighted by Crippen LogP contribution is 2.38. The van der Waals surface area contributed by atoms with E-state index >= 15 is 0 Å². The normalized spacial score (nSPS) is 16.9. The highest BCUT2D eigenvalue weighted by atomic mass is 35.5. The SMILES string of the molecule is O=C(O)c1c(Cl)ccc(S(=O)(=O)NC2(CO)CC2)c1Cl. The van der Waals surface area contributed by atoms with E-state index in [-0.39, 0.29) is 16.5 Å². The van der Waals surface area contributed by atoms with Crippen molar-refractivity contribution in [3.8, 4) is 0 Å². The molecule has 3 N–H and O–H groups in total. The zero-order chi connectivity index (χ0) is 15.1. The maximum Gasteiger partial charge on any atom is 0.338 e. The van der Waals surface area contributed by atoms with E-state index in [1.165, 1.54) is 0 Å². The molecular formula is C11H11Cl2NO5S. The first-order valence-corrected chi connectivity index (χ1v) is 7.82. The van der Waals surface area contributed by atoms with Gasteiger partial charge in [0, 0.05) is 0 Å². The summed E-state index contributed by atoms with van der Waals surface area (Å²) in [5.41, 5.74) is -1.34. The first kappa shape index (κ1) is 15.5. The molecule has 1 aromatic carbocycles. The van der Waals surface area contributed by atoms with Gasteiger partial charge in [-0.1, -0.05) is 23.2 Å². The number of aliphatic hydroxyl groups excluding tert-OH is 1. The Hall–Kier alpha value is -0.860. The van der Waals surface area contributed by atoms with Gasteiger partial charge in [0.1, 0.15) is 4.90 Å². The number of carbonyl (C=O) groups is 1. The van der Waals surface area contributed by atoms with Crippen LogP contribution >= 0.6 is 23.2 Å². The smallest absolute Gasteiger partial charge is 0.338 e. The van der Waals surface area contributed by atoms with Gasteiger partial charge in [0.05, 0.1) is 27.8 Å². The summed E-state index contributed by atoms with van der Waals surface area (Å²) in [7, 11) is -4.03. The molecule has 1 fully saturated rings. The molecule has 110 valence electrons. The van der Waals surface area contributed by atoms with E-state index in [9.17, 15) is 13.2 Å². The zero-order valence-electron chi connectivity index (χ0n) is 10.1. The second kappa shape index (κ2) is 5.16. The average Bonchev–Trinajstić information content (AvgIpc) is 3.07. The van der Waals surface area contributed by atoms with Crippen molar-refractivity contribution in [1.29, 1.82) is 0 Å². The molecule has 0 bridgehead atoms. The molecular weight excluding hydrogens is 329 g/mol. The summed E-state index contributed by atoms with van der Waals surface area (Å²) < 4.78 is 26.8. The number of halogens is 2. The Morgan fingerprint density at radius 2 is 1.95 bits per heavy atom. The fourth-order valence-electron chi connectivity index (χ4n) is 1.72. The molecule has 0 atom stereocenters. The van der Waals surface area contributed by atoms with Crippen molar-refractivity contribution in [1.82, 2.24) is 4.72 Å². The van der Waals surface area contributed by atoms with E-state index in [2.05, 4.69) is 4.72 Å². The molecule has 1 saturated carbocycles. The van der Waals surface area contributed by atoms with Crippen LogP contribution in [-0.2, 0) is 10.0 Å².